The van der Waals surface area contributed by atoms with Crippen molar-refractivity contribution in [3.63, 3.8) is 0 Å². The van der Waals surface area contributed by atoms with Gasteiger partial charge in [0, 0.05) is 19.1 Å². The highest BCUT2D eigenvalue weighted by atomic mass is 32.2. The van der Waals surface area contributed by atoms with Crippen molar-refractivity contribution >= 4 is 27.3 Å². The fourth-order valence-corrected chi connectivity index (χ4v) is 5.95. The van der Waals surface area contributed by atoms with Gasteiger partial charge in [0.15, 0.2) is 0 Å². The van der Waals surface area contributed by atoms with E-state index in [1.165, 1.54) is 21.2 Å². The Hall–Kier alpha value is -1.70. The Kier molecular flexibility index (Phi) is 5.79. The van der Waals surface area contributed by atoms with Crippen molar-refractivity contribution in [2.24, 2.45) is 0 Å². The molecule has 140 valence electrons. The number of carbonyl (C=O) groups excluding carboxylic acids is 1. The van der Waals surface area contributed by atoms with Crippen LogP contribution in [0.4, 0.5) is 0 Å². The minimum Gasteiger partial charge on any atom is -0.349 e. The van der Waals surface area contributed by atoms with Gasteiger partial charge in [-0.15, -0.1) is 11.3 Å². The second-order valence-electron chi connectivity index (χ2n) is 6.46. The first-order valence-electron chi connectivity index (χ1n) is 8.92. The average Bonchev–Trinajstić information content (AvgIpc) is 3.16. The molecule has 2 heterocycles. The molecule has 0 aliphatic carbocycles. The van der Waals surface area contributed by atoms with Crippen LogP contribution < -0.4 is 5.32 Å². The Bertz CT molecular complexity index is 886. The number of nitrogens with zero attached hydrogens (tertiary/aromatic N) is 1. The predicted octanol–water partition coefficient (Wildman–Crippen LogP) is 3.41. The maximum atomic E-state index is 13.2. The third-order valence-electron chi connectivity index (χ3n) is 4.87. The average molecular weight is 393 g/mol. The van der Waals surface area contributed by atoms with Crippen molar-refractivity contribution in [1.82, 2.24) is 9.62 Å². The third-order valence-corrected chi connectivity index (χ3v) is 7.80. The Labute approximate surface area is 159 Å². The number of hydrogen-bond acceptors (Lipinski definition) is 4. The Morgan fingerprint density at radius 3 is 2.58 bits per heavy atom. The van der Waals surface area contributed by atoms with E-state index in [4.69, 9.17) is 0 Å². The van der Waals surface area contributed by atoms with Gasteiger partial charge in [0.25, 0.3) is 5.91 Å². The minimum absolute atomic E-state index is 0.0574. The van der Waals surface area contributed by atoms with E-state index >= 15 is 0 Å². The predicted molar refractivity (Wildman–Crippen MR) is 104 cm³/mol. The van der Waals surface area contributed by atoms with Gasteiger partial charge in [0.2, 0.25) is 10.0 Å². The van der Waals surface area contributed by atoms with Crippen LogP contribution in [0, 0.1) is 0 Å². The molecule has 26 heavy (non-hydrogen) atoms. The van der Waals surface area contributed by atoms with E-state index in [1.807, 2.05) is 38.1 Å². The number of carbonyl (C=O) groups is 1. The molecule has 0 spiro atoms. The maximum Gasteiger partial charge on any atom is 0.262 e. The molecule has 0 atom stereocenters. The SMILES string of the molecule is CCC(CC)NC(=O)c1sccc1S(=O)(=O)N1CCc2ccccc2C1. The highest BCUT2D eigenvalue weighted by molar-refractivity contribution is 7.89. The molecule has 2 aromatic rings. The highest BCUT2D eigenvalue weighted by Gasteiger charge is 2.32. The highest BCUT2D eigenvalue weighted by Crippen LogP contribution is 2.29. The zero-order valence-electron chi connectivity index (χ0n) is 15.1. The molecule has 3 rings (SSSR count). The molecule has 0 fully saturated rings. The van der Waals surface area contributed by atoms with E-state index in [0.717, 1.165) is 18.4 Å². The van der Waals surface area contributed by atoms with Gasteiger partial charge in [0.1, 0.15) is 9.77 Å². The van der Waals surface area contributed by atoms with Gasteiger partial charge in [-0.3, -0.25) is 4.79 Å². The number of amides is 1. The van der Waals surface area contributed by atoms with Crippen molar-refractivity contribution in [2.75, 3.05) is 6.54 Å². The molecule has 1 aliphatic heterocycles. The van der Waals surface area contributed by atoms with Gasteiger partial charge in [-0.2, -0.15) is 4.31 Å². The Morgan fingerprint density at radius 2 is 1.88 bits per heavy atom. The summed E-state index contributed by atoms with van der Waals surface area (Å²) >= 11 is 1.18. The molecule has 1 amide bonds. The Morgan fingerprint density at radius 1 is 1.19 bits per heavy atom. The van der Waals surface area contributed by atoms with Crippen LogP contribution in [0.2, 0.25) is 0 Å². The van der Waals surface area contributed by atoms with Gasteiger partial charge >= 0.3 is 0 Å². The van der Waals surface area contributed by atoms with E-state index in [2.05, 4.69) is 5.32 Å². The first-order valence-corrected chi connectivity index (χ1v) is 11.2. The van der Waals surface area contributed by atoms with Crippen molar-refractivity contribution in [2.45, 2.75) is 50.6 Å². The number of hydrogen-bond donors (Lipinski definition) is 1. The molecule has 0 bridgehead atoms. The lowest BCUT2D eigenvalue weighted by Gasteiger charge is -2.28. The first kappa shape index (κ1) is 19.1. The summed E-state index contributed by atoms with van der Waals surface area (Å²) < 4.78 is 27.8. The maximum absolute atomic E-state index is 13.2. The van der Waals surface area contributed by atoms with Crippen LogP contribution in [0.15, 0.2) is 40.6 Å². The van der Waals surface area contributed by atoms with Crippen LogP contribution in [0.3, 0.4) is 0 Å². The summed E-state index contributed by atoms with van der Waals surface area (Å²) in [6, 6.07) is 9.50. The second-order valence-corrected chi connectivity index (χ2v) is 9.28. The van der Waals surface area contributed by atoms with Gasteiger partial charge in [-0.25, -0.2) is 8.42 Å². The van der Waals surface area contributed by atoms with Crippen LogP contribution in [-0.2, 0) is 23.0 Å². The van der Waals surface area contributed by atoms with Gasteiger partial charge < -0.3 is 5.32 Å². The van der Waals surface area contributed by atoms with Crippen molar-refractivity contribution in [1.29, 1.82) is 0 Å². The molecular formula is C19H24N2O3S2. The lowest BCUT2D eigenvalue weighted by Crippen LogP contribution is -2.38. The fourth-order valence-electron chi connectivity index (χ4n) is 3.22. The smallest absolute Gasteiger partial charge is 0.262 e. The zero-order valence-corrected chi connectivity index (χ0v) is 16.7. The summed E-state index contributed by atoms with van der Waals surface area (Å²) in [5.74, 6) is -0.301. The van der Waals surface area contributed by atoms with Crippen LogP contribution in [-0.4, -0.2) is 31.2 Å². The van der Waals surface area contributed by atoms with E-state index in [0.29, 0.717) is 19.5 Å². The van der Waals surface area contributed by atoms with Crippen molar-refractivity contribution in [3.8, 4) is 0 Å². The van der Waals surface area contributed by atoms with E-state index in [1.54, 1.807) is 11.4 Å². The summed E-state index contributed by atoms with van der Waals surface area (Å²) in [6.07, 6.45) is 2.33. The topological polar surface area (TPSA) is 66.5 Å². The summed E-state index contributed by atoms with van der Waals surface area (Å²) in [5, 5.41) is 4.61. The van der Waals surface area contributed by atoms with Gasteiger partial charge in [-0.05, 0) is 41.8 Å². The molecule has 0 unspecified atom stereocenters. The summed E-state index contributed by atoms with van der Waals surface area (Å²) in [5.41, 5.74) is 2.22. The van der Waals surface area contributed by atoms with E-state index in [9.17, 15) is 13.2 Å². The number of fused-ring (bicyclic) bond motifs is 1. The molecule has 1 N–H and O–H groups in total. The molecule has 0 radical (unpaired) electrons. The lowest BCUT2D eigenvalue weighted by atomic mass is 10.0. The third kappa shape index (κ3) is 3.70. The minimum atomic E-state index is -3.70. The summed E-state index contributed by atoms with van der Waals surface area (Å²) in [7, 11) is -3.70. The van der Waals surface area contributed by atoms with Crippen LogP contribution in [0.5, 0.6) is 0 Å². The molecule has 5 nitrogen and oxygen atoms in total. The molecule has 0 saturated carbocycles. The fraction of sp³-hybridized carbons (Fsp3) is 0.421. The van der Waals surface area contributed by atoms with Crippen LogP contribution in [0.25, 0.3) is 0 Å². The van der Waals surface area contributed by atoms with E-state index < -0.39 is 10.0 Å². The molecule has 1 aromatic carbocycles. The number of thiophene rings is 1. The first-order chi connectivity index (χ1) is 12.5. The van der Waals surface area contributed by atoms with Gasteiger partial charge in [0.05, 0.1) is 0 Å². The molecular weight excluding hydrogens is 368 g/mol. The lowest BCUT2D eigenvalue weighted by molar-refractivity contribution is 0.0936. The quantitative estimate of drug-likeness (QED) is 0.819. The molecule has 1 aromatic heterocycles. The number of sulfonamides is 1. The summed E-state index contributed by atoms with van der Waals surface area (Å²) in [6.45, 7) is 4.79. The van der Waals surface area contributed by atoms with Crippen LogP contribution >= 0.6 is 11.3 Å². The normalized spacial score (nSPS) is 15.0. The zero-order chi connectivity index (χ0) is 18.7. The standard InChI is InChI=1S/C19H24N2O3S2/c1-3-16(4-2)20-19(22)18-17(10-12-25-18)26(23,24)21-11-9-14-7-5-6-8-15(14)13-21/h5-8,10,12,16H,3-4,9,11,13H2,1-2H3,(H,20,22). The van der Waals surface area contributed by atoms with Crippen LogP contribution in [0.1, 0.15) is 47.5 Å². The van der Waals surface area contributed by atoms with Crippen molar-refractivity contribution in [3.05, 3.63) is 51.7 Å². The second kappa shape index (κ2) is 7.90. The molecule has 7 heteroatoms. The largest absolute Gasteiger partial charge is 0.349 e. The van der Waals surface area contributed by atoms with Gasteiger partial charge in [-0.1, -0.05) is 38.1 Å². The van der Waals surface area contributed by atoms with E-state index in [-0.39, 0.29) is 21.7 Å². The molecule has 1 aliphatic rings. The monoisotopic (exact) mass is 392 g/mol. The van der Waals surface area contributed by atoms with Crippen molar-refractivity contribution < 1.29 is 13.2 Å². The number of rotatable bonds is 6. The number of benzene rings is 1. The molecule has 0 saturated heterocycles. The number of nitrogens with one attached hydrogen (secondary N) is 1. The summed E-state index contributed by atoms with van der Waals surface area (Å²) in [4.78, 5) is 13.0. The Balaban J connectivity index is 1.85.